The number of nitrogens with zero attached hydrogens (tertiary/aromatic N) is 2. The van der Waals surface area contributed by atoms with Gasteiger partial charge in [0.15, 0.2) is 0 Å². The molecule has 144 valence electrons. The molecule has 0 bridgehead atoms. The van der Waals surface area contributed by atoms with Gasteiger partial charge in [-0.05, 0) is 24.3 Å². The van der Waals surface area contributed by atoms with Crippen molar-refractivity contribution < 1.29 is 13.9 Å². The maximum atomic E-state index is 12.6. The number of ether oxygens (including phenoxy) is 1. The molecule has 6 nitrogen and oxygen atoms in total. The maximum absolute atomic E-state index is 12.6. The van der Waals surface area contributed by atoms with Crippen molar-refractivity contribution in [2.45, 2.75) is 6.42 Å². The van der Waals surface area contributed by atoms with E-state index >= 15 is 0 Å². The van der Waals surface area contributed by atoms with E-state index in [0.29, 0.717) is 35.5 Å². The lowest BCUT2D eigenvalue weighted by molar-refractivity contribution is -0.115. The van der Waals surface area contributed by atoms with Crippen molar-refractivity contribution in [1.29, 1.82) is 0 Å². The maximum Gasteiger partial charge on any atom is 0.230 e. The Morgan fingerprint density at radius 3 is 2.68 bits per heavy atom. The fourth-order valence-corrected chi connectivity index (χ4v) is 3.48. The first-order valence-corrected chi connectivity index (χ1v) is 9.49. The van der Waals surface area contributed by atoms with Gasteiger partial charge in [0.1, 0.15) is 6.26 Å². The molecule has 28 heavy (non-hydrogen) atoms. The minimum absolute atomic E-state index is 0.116. The summed E-state index contributed by atoms with van der Waals surface area (Å²) >= 11 is 6.42. The third kappa shape index (κ3) is 4.18. The van der Waals surface area contributed by atoms with E-state index in [0.717, 1.165) is 24.3 Å². The molecule has 1 aliphatic heterocycles. The Labute approximate surface area is 168 Å². The fraction of sp³-hybridized carbons (Fsp3) is 0.238. The molecule has 1 amide bonds. The number of aromatic nitrogens is 1. The van der Waals surface area contributed by atoms with Gasteiger partial charge in [-0.15, -0.1) is 0 Å². The number of carbonyl (C=O) groups is 1. The van der Waals surface area contributed by atoms with Gasteiger partial charge >= 0.3 is 0 Å². The number of benzene rings is 2. The number of rotatable bonds is 5. The zero-order chi connectivity index (χ0) is 19.3. The van der Waals surface area contributed by atoms with Gasteiger partial charge in [0, 0.05) is 18.7 Å². The van der Waals surface area contributed by atoms with Crippen LogP contribution in [-0.2, 0) is 16.0 Å². The number of carbonyl (C=O) groups excluding carboxylic acids is 1. The van der Waals surface area contributed by atoms with Crippen LogP contribution in [0.1, 0.15) is 5.69 Å². The topological polar surface area (TPSA) is 67.6 Å². The molecule has 1 fully saturated rings. The minimum atomic E-state index is -0.176. The minimum Gasteiger partial charge on any atom is -0.444 e. The normalized spacial score (nSPS) is 14.1. The lowest BCUT2D eigenvalue weighted by Gasteiger charge is -2.31. The Bertz CT molecular complexity index is 953. The van der Waals surface area contributed by atoms with E-state index in [9.17, 15) is 4.79 Å². The number of hydrogen-bond donors (Lipinski definition) is 1. The number of para-hydroxylation sites is 1. The average molecular weight is 398 g/mol. The second-order valence-electron chi connectivity index (χ2n) is 6.47. The lowest BCUT2D eigenvalue weighted by Crippen LogP contribution is -2.37. The number of morpholine rings is 1. The van der Waals surface area contributed by atoms with Crippen molar-refractivity contribution in [1.82, 2.24) is 4.98 Å². The van der Waals surface area contributed by atoms with Gasteiger partial charge in [0.2, 0.25) is 11.8 Å². The molecule has 0 spiro atoms. The number of oxazole rings is 1. The molecule has 1 aromatic heterocycles. The summed E-state index contributed by atoms with van der Waals surface area (Å²) < 4.78 is 10.9. The second-order valence-corrected chi connectivity index (χ2v) is 6.88. The van der Waals surface area contributed by atoms with Crippen molar-refractivity contribution in [3.8, 4) is 11.5 Å². The summed E-state index contributed by atoms with van der Waals surface area (Å²) in [6, 6.07) is 15.1. The van der Waals surface area contributed by atoms with Gasteiger partial charge < -0.3 is 19.4 Å². The Morgan fingerprint density at radius 1 is 1.11 bits per heavy atom. The van der Waals surface area contributed by atoms with Crippen molar-refractivity contribution in [2.24, 2.45) is 0 Å². The summed E-state index contributed by atoms with van der Waals surface area (Å²) in [6.07, 6.45) is 1.63. The predicted molar refractivity (Wildman–Crippen MR) is 109 cm³/mol. The number of halogens is 1. The lowest BCUT2D eigenvalue weighted by atomic mass is 10.2. The van der Waals surface area contributed by atoms with Crippen LogP contribution in [0, 0.1) is 0 Å². The number of nitrogens with one attached hydrogen (secondary N) is 1. The van der Waals surface area contributed by atoms with E-state index in [1.54, 1.807) is 0 Å². The summed E-state index contributed by atoms with van der Waals surface area (Å²) in [5.74, 6) is 0.324. The number of anilines is 2. The SMILES string of the molecule is O=C(Cc1coc(-c2ccccc2)n1)Nc1cccc(Cl)c1N1CCOCC1. The summed E-state index contributed by atoms with van der Waals surface area (Å²) in [4.78, 5) is 19.1. The molecule has 1 saturated heterocycles. The molecule has 1 N–H and O–H groups in total. The summed E-state index contributed by atoms with van der Waals surface area (Å²) in [5.41, 5.74) is 2.96. The third-order valence-corrected chi connectivity index (χ3v) is 4.81. The van der Waals surface area contributed by atoms with Crippen molar-refractivity contribution >= 4 is 28.9 Å². The van der Waals surface area contributed by atoms with Crippen LogP contribution in [0.25, 0.3) is 11.5 Å². The fourth-order valence-electron chi connectivity index (χ4n) is 3.18. The molecule has 0 atom stereocenters. The van der Waals surface area contributed by atoms with Crippen LogP contribution in [0.4, 0.5) is 11.4 Å². The molecule has 0 aliphatic carbocycles. The molecular weight excluding hydrogens is 378 g/mol. The monoisotopic (exact) mass is 397 g/mol. The Kier molecular flexibility index (Phi) is 5.60. The van der Waals surface area contributed by atoms with E-state index in [1.807, 2.05) is 48.5 Å². The molecule has 4 rings (SSSR count). The van der Waals surface area contributed by atoms with E-state index in [1.165, 1.54) is 6.26 Å². The Morgan fingerprint density at radius 2 is 1.89 bits per heavy atom. The van der Waals surface area contributed by atoms with Crippen LogP contribution >= 0.6 is 11.6 Å². The second kappa shape index (κ2) is 8.46. The first-order valence-electron chi connectivity index (χ1n) is 9.11. The largest absolute Gasteiger partial charge is 0.444 e. The molecule has 1 aliphatic rings. The van der Waals surface area contributed by atoms with Gasteiger partial charge in [-0.1, -0.05) is 35.9 Å². The van der Waals surface area contributed by atoms with Gasteiger partial charge in [-0.3, -0.25) is 4.79 Å². The molecule has 3 aromatic rings. The van der Waals surface area contributed by atoms with E-state index < -0.39 is 0 Å². The third-order valence-electron chi connectivity index (χ3n) is 4.50. The molecule has 2 heterocycles. The quantitative estimate of drug-likeness (QED) is 0.704. The Balaban J connectivity index is 1.47. The molecule has 2 aromatic carbocycles. The average Bonchev–Trinajstić information content (AvgIpc) is 3.18. The van der Waals surface area contributed by atoms with Crippen molar-refractivity contribution in [3.05, 3.63) is 65.5 Å². The van der Waals surface area contributed by atoms with E-state index in [2.05, 4.69) is 15.2 Å². The summed E-state index contributed by atoms with van der Waals surface area (Å²) in [7, 11) is 0. The van der Waals surface area contributed by atoms with Crippen LogP contribution in [0.15, 0.2) is 59.2 Å². The number of amides is 1. The van der Waals surface area contributed by atoms with E-state index in [-0.39, 0.29) is 12.3 Å². The highest BCUT2D eigenvalue weighted by Gasteiger charge is 2.19. The van der Waals surface area contributed by atoms with Gasteiger partial charge in [-0.25, -0.2) is 4.98 Å². The highest BCUT2D eigenvalue weighted by molar-refractivity contribution is 6.34. The zero-order valence-electron chi connectivity index (χ0n) is 15.2. The van der Waals surface area contributed by atoms with Crippen LogP contribution in [-0.4, -0.2) is 37.2 Å². The first-order chi connectivity index (χ1) is 13.7. The van der Waals surface area contributed by atoms with Crippen LogP contribution in [0.2, 0.25) is 5.02 Å². The van der Waals surface area contributed by atoms with Crippen LogP contribution in [0.3, 0.4) is 0 Å². The molecule has 0 radical (unpaired) electrons. The smallest absolute Gasteiger partial charge is 0.230 e. The van der Waals surface area contributed by atoms with Crippen LogP contribution in [0.5, 0.6) is 0 Å². The van der Waals surface area contributed by atoms with Crippen molar-refractivity contribution in [3.63, 3.8) is 0 Å². The zero-order valence-corrected chi connectivity index (χ0v) is 16.0. The van der Waals surface area contributed by atoms with Crippen LogP contribution < -0.4 is 10.2 Å². The molecule has 7 heteroatoms. The van der Waals surface area contributed by atoms with Gasteiger partial charge in [-0.2, -0.15) is 0 Å². The summed E-state index contributed by atoms with van der Waals surface area (Å²) in [6.45, 7) is 2.74. The number of hydrogen-bond acceptors (Lipinski definition) is 5. The Hall–Kier alpha value is -2.83. The standard InChI is InChI=1S/C21H20ClN3O3/c22-17-7-4-8-18(20(17)25-9-11-27-12-10-25)24-19(26)13-16-14-28-21(23-16)15-5-2-1-3-6-15/h1-8,14H,9-13H2,(H,24,26). The first kappa shape index (κ1) is 18.5. The summed E-state index contributed by atoms with van der Waals surface area (Å²) in [5, 5.41) is 3.56. The molecule has 0 unspecified atom stereocenters. The molecule has 0 saturated carbocycles. The van der Waals surface area contributed by atoms with Gasteiger partial charge in [0.25, 0.3) is 0 Å². The molecular formula is C21H20ClN3O3. The van der Waals surface area contributed by atoms with E-state index in [4.69, 9.17) is 20.8 Å². The van der Waals surface area contributed by atoms with Crippen molar-refractivity contribution in [2.75, 3.05) is 36.5 Å². The highest BCUT2D eigenvalue weighted by atomic mass is 35.5. The van der Waals surface area contributed by atoms with Gasteiger partial charge in [0.05, 0.1) is 41.7 Å². The predicted octanol–water partition coefficient (Wildman–Crippen LogP) is 4.01. The highest BCUT2D eigenvalue weighted by Crippen LogP contribution is 2.34.